The molecule has 0 spiro atoms. The highest BCUT2D eigenvalue weighted by molar-refractivity contribution is 6.31. The minimum Gasteiger partial charge on any atom is -0.313 e. The maximum absolute atomic E-state index is 6.53. The number of halogens is 1. The van der Waals surface area contributed by atoms with E-state index in [1.165, 1.54) is 52.7 Å². The van der Waals surface area contributed by atoms with Crippen LogP contribution >= 0.6 is 11.6 Å². The van der Waals surface area contributed by atoms with Gasteiger partial charge in [-0.05, 0) is 76.8 Å². The Hall–Kier alpha value is -1.83. The van der Waals surface area contributed by atoms with Gasteiger partial charge in [0.05, 0.1) is 0 Å². The van der Waals surface area contributed by atoms with Crippen molar-refractivity contribution < 1.29 is 0 Å². The average Bonchev–Trinajstić information content (AvgIpc) is 2.70. The van der Waals surface area contributed by atoms with E-state index < -0.39 is 0 Å². The van der Waals surface area contributed by atoms with Crippen LogP contribution in [0.1, 0.15) is 67.9 Å². The zero-order valence-corrected chi connectivity index (χ0v) is 18.9. The van der Waals surface area contributed by atoms with Gasteiger partial charge in [0.25, 0.3) is 0 Å². The summed E-state index contributed by atoms with van der Waals surface area (Å²) < 4.78 is 0. The van der Waals surface area contributed by atoms with E-state index in [1.54, 1.807) is 0 Å². The summed E-state index contributed by atoms with van der Waals surface area (Å²) in [4.78, 5) is 0. The van der Waals surface area contributed by atoms with Gasteiger partial charge in [-0.2, -0.15) is 0 Å². The van der Waals surface area contributed by atoms with Crippen LogP contribution in [0.2, 0.25) is 5.02 Å². The van der Waals surface area contributed by atoms with E-state index in [9.17, 15) is 0 Å². The first-order valence-electron chi connectivity index (χ1n) is 11.0. The van der Waals surface area contributed by atoms with Gasteiger partial charge in [0.1, 0.15) is 0 Å². The summed E-state index contributed by atoms with van der Waals surface area (Å²) in [7, 11) is 0. The lowest BCUT2D eigenvalue weighted by molar-refractivity contribution is 0.586. The van der Waals surface area contributed by atoms with Gasteiger partial charge in [-0.3, -0.25) is 0 Å². The Bertz CT molecular complexity index is 891. The number of unbranched alkanes of at least 4 members (excludes halogenated alkanes) is 1. The lowest BCUT2D eigenvalue weighted by Gasteiger charge is -2.23. The maximum Gasteiger partial charge on any atom is 0.0447 e. The van der Waals surface area contributed by atoms with Gasteiger partial charge in [-0.25, -0.2) is 0 Å². The van der Waals surface area contributed by atoms with Gasteiger partial charge >= 0.3 is 0 Å². The first-order valence-corrected chi connectivity index (χ1v) is 11.4. The molecule has 2 aromatic rings. The smallest absolute Gasteiger partial charge is 0.0447 e. The summed E-state index contributed by atoms with van der Waals surface area (Å²) in [5.41, 5.74) is 8.90. The Morgan fingerprint density at radius 2 is 1.97 bits per heavy atom. The second-order valence-corrected chi connectivity index (χ2v) is 9.00. The first-order chi connectivity index (χ1) is 14.0. The standard InChI is InChI=1S/C27H34ClN/c1-5-6-14-29-18-23-16-21(11-10-19(2)3)12-13-25(23)22-15-20(4)24-8-7-9-27(28)26(24)17-22/h7-9,12-13,15-16,19,29H,4-6,10-11,14,17-18H2,1-3H3. The molecule has 1 nitrogen and oxygen atoms in total. The van der Waals surface area contributed by atoms with Crippen LogP contribution in [0, 0.1) is 5.92 Å². The molecule has 0 unspecified atom stereocenters. The van der Waals surface area contributed by atoms with Crippen molar-refractivity contribution in [2.24, 2.45) is 5.92 Å². The third-order valence-electron chi connectivity index (χ3n) is 5.73. The minimum absolute atomic E-state index is 0.726. The SMILES string of the molecule is C=C1C=C(c2ccc(CCC(C)C)cc2CNCCCC)Cc2c(Cl)cccc21. The van der Waals surface area contributed by atoms with Crippen molar-refractivity contribution in [2.45, 2.75) is 59.4 Å². The van der Waals surface area contributed by atoms with Crippen molar-refractivity contribution in [1.29, 1.82) is 0 Å². The molecule has 0 saturated carbocycles. The predicted octanol–water partition coefficient (Wildman–Crippen LogP) is 7.47. The first kappa shape index (κ1) is 21.9. The molecule has 0 atom stereocenters. The second kappa shape index (κ2) is 10.3. The lowest BCUT2D eigenvalue weighted by atomic mass is 9.83. The van der Waals surface area contributed by atoms with E-state index >= 15 is 0 Å². The summed E-state index contributed by atoms with van der Waals surface area (Å²) in [6, 6.07) is 13.1. The Morgan fingerprint density at radius 3 is 2.72 bits per heavy atom. The number of fused-ring (bicyclic) bond motifs is 1. The van der Waals surface area contributed by atoms with Crippen molar-refractivity contribution in [3.05, 3.63) is 81.9 Å². The van der Waals surface area contributed by atoms with Crippen molar-refractivity contribution in [1.82, 2.24) is 5.32 Å². The highest BCUT2D eigenvalue weighted by Crippen LogP contribution is 2.37. The monoisotopic (exact) mass is 407 g/mol. The zero-order valence-electron chi connectivity index (χ0n) is 18.2. The Labute approximate surface area is 181 Å². The number of allylic oxidation sites excluding steroid dienone is 3. The fourth-order valence-corrected chi connectivity index (χ4v) is 4.23. The Morgan fingerprint density at radius 1 is 1.14 bits per heavy atom. The summed E-state index contributed by atoms with van der Waals surface area (Å²) >= 11 is 6.53. The van der Waals surface area contributed by atoms with E-state index in [2.05, 4.69) is 63.0 Å². The van der Waals surface area contributed by atoms with Crippen molar-refractivity contribution in [3.8, 4) is 0 Å². The summed E-state index contributed by atoms with van der Waals surface area (Å²) in [6.45, 7) is 13.1. The Kier molecular flexibility index (Phi) is 7.75. The number of nitrogens with one attached hydrogen (secondary N) is 1. The van der Waals surface area contributed by atoms with Gasteiger partial charge in [0.15, 0.2) is 0 Å². The van der Waals surface area contributed by atoms with E-state index in [-0.39, 0.29) is 0 Å². The number of rotatable bonds is 9. The van der Waals surface area contributed by atoms with Gasteiger partial charge in [0.2, 0.25) is 0 Å². The van der Waals surface area contributed by atoms with Crippen LogP contribution in [-0.2, 0) is 19.4 Å². The van der Waals surface area contributed by atoms with Crippen LogP contribution in [0.3, 0.4) is 0 Å². The highest BCUT2D eigenvalue weighted by Gasteiger charge is 2.19. The summed E-state index contributed by atoms with van der Waals surface area (Å²) in [6.07, 6.45) is 7.91. The molecule has 0 aliphatic heterocycles. The van der Waals surface area contributed by atoms with E-state index in [4.69, 9.17) is 11.6 Å². The normalized spacial score (nSPS) is 13.6. The van der Waals surface area contributed by atoms with Crippen LogP contribution < -0.4 is 5.32 Å². The molecule has 1 aliphatic rings. The molecule has 0 aromatic heterocycles. The van der Waals surface area contributed by atoms with E-state index in [0.29, 0.717) is 0 Å². The largest absolute Gasteiger partial charge is 0.313 e. The number of aryl methyl sites for hydroxylation is 1. The van der Waals surface area contributed by atoms with Crippen molar-refractivity contribution in [3.63, 3.8) is 0 Å². The minimum atomic E-state index is 0.726. The van der Waals surface area contributed by atoms with Crippen LogP contribution in [0.15, 0.2) is 49.1 Å². The van der Waals surface area contributed by atoms with Gasteiger partial charge < -0.3 is 5.32 Å². The summed E-state index contributed by atoms with van der Waals surface area (Å²) in [5.74, 6) is 0.726. The van der Waals surface area contributed by atoms with Crippen LogP contribution in [0.25, 0.3) is 11.1 Å². The maximum atomic E-state index is 6.53. The van der Waals surface area contributed by atoms with Gasteiger partial charge in [-0.1, -0.05) is 81.8 Å². The predicted molar refractivity (Wildman–Crippen MR) is 128 cm³/mol. The quantitative estimate of drug-likeness (QED) is 0.425. The van der Waals surface area contributed by atoms with Crippen LogP contribution in [0.4, 0.5) is 0 Å². The summed E-state index contributed by atoms with van der Waals surface area (Å²) in [5, 5.41) is 4.48. The lowest BCUT2D eigenvalue weighted by Crippen LogP contribution is -2.16. The third kappa shape index (κ3) is 5.62. The number of hydrogen-bond acceptors (Lipinski definition) is 1. The topological polar surface area (TPSA) is 12.0 Å². The highest BCUT2D eigenvalue weighted by atomic mass is 35.5. The van der Waals surface area contributed by atoms with E-state index in [1.807, 2.05) is 12.1 Å². The van der Waals surface area contributed by atoms with Gasteiger partial charge in [0, 0.05) is 18.0 Å². The van der Waals surface area contributed by atoms with Crippen LogP contribution in [-0.4, -0.2) is 6.54 Å². The van der Waals surface area contributed by atoms with Crippen LogP contribution in [0.5, 0.6) is 0 Å². The number of benzene rings is 2. The molecule has 0 radical (unpaired) electrons. The molecule has 0 saturated heterocycles. The fourth-order valence-electron chi connectivity index (χ4n) is 3.98. The molecular weight excluding hydrogens is 374 g/mol. The molecule has 1 N–H and O–H groups in total. The second-order valence-electron chi connectivity index (χ2n) is 8.59. The molecule has 1 aliphatic carbocycles. The van der Waals surface area contributed by atoms with Crippen molar-refractivity contribution in [2.75, 3.05) is 6.54 Å². The van der Waals surface area contributed by atoms with Gasteiger partial charge in [-0.15, -0.1) is 0 Å². The molecular formula is C27H34ClN. The average molecular weight is 408 g/mol. The molecule has 0 amide bonds. The molecule has 2 aromatic carbocycles. The third-order valence-corrected chi connectivity index (χ3v) is 6.08. The van der Waals surface area contributed by atoms with E-state index in [0.717, 1.165) is 42.4 Å². The zero-order chi connectivity index (χ0) is 20.8. The van der Waals surface area contributed by atoms with Crippen molar-refractivity contribution >= 4 is 22.7 Å². The molecule has 0 bridgehead atoms. The molecule has 29 heavy (non-hydrogen) atoms. The fraction of sp³-hybridized carbons (Fsp3) is 0.407. The molecule has 154 valence electrons. The molecule has 2 heteroatoms. The molecule has 0 heterocycles. The molecule has 3 rings (SSSR count). The molecule has 0 fully saturated rings. The Balaban J connectivity index is 1.90. The number of hydrogen-bond donors (Lipinski definition) is 1.